The summed E-state index contributed by atoms with van der Waals surface area (Å²) in [4.78, 5) is 8.20. The minimum atomic E-state index is -3.27. The largest absolute Gasteiger partial charge is 0.382 e. The van der Waals surface area contributed by atoms with Gasteiger partial charge in [-0.2, -0.15) is 4.31 Å². The van der Waals surface area contributed by atoms with Crippen molar-refractivity contribution < 1.29 is 13.2 Å². The van der Waals surface area contributed by atoms with Crippen molar-refractivity contribution >= 4 is 15.8 Å². The summed E-state index contributed by atoms with van der Waals surface area (Å²) < 4.78 is 32.8. The average molecular weight is 326 g/mol. The maximum absolute atomic E-state index is 12.8. The number of hydrogen-bond acceptors (Lipinski definition) is 6. The Labute approximate surface area is 130 Å². The van der Waals surface area contributed by atoms with E-state index in [1.165, 1.54) is 6.20 Å². The second kappa shape index (κ2) is 6.47. The second-order valence-corrected chi connectivity index (χ2v) is 8.06. The number of ether oxygens (including phenoxy) is 1. The number of nitrogens with two attached hydrogens (primary N) is 1. The first-order valence-electron chi connectivity index (χ1n) is 7.76. The molecule has 1 saturated carbocycles. The van der Waals surface area contributed by atoms with E-state index in [1.807, 2.05) is 0 Å². The molecule has 2 fully saturated rings. The van der Waals surface area contributed by atoms with E-state index in [1.54, 1.807) is 10.5 Å². The van der Waals surface area contributed by atoms with E-state index in [2.05, 4.69) is 9.97 Å². The maximum atomic E-state index is 12.8. The highest BCUT2D eigenvalue weighted by atomic mass is 32.2. The Bertz CT molecular complexity index is 616. The van der Waals surface area contributed by atoms with Gasteiger partial charge in [-0.05, 0) is 12.8 Å². The van der Waals surface area contributed by atoms with E-state index in [4.69, 9.17) is 10.5 Å². The molecule has 1 aromatic heterocycles. The van der Waals surface area contributed by atoms with Crippen LogP contribution in [-0.4, -0.2) is 47.6 Å². The predicted octanol–water partition coefficient (Wildman–Crippen LogP) is 1.09. The fourth-order valence-corrected chi connectivity index (χ4v) is 5.23. The molecular formula is C14H22N4O3S. The third-order valence-electron chi connectivity index (χ3n) is 4.42. The lowest BCUT2D eigenvalue weighted by atomic mass is 10.0. The molecule has 22 heavy (non-hydrogen) atoms. The summed E-state index contributed by atoms with van der Waals surface area (Å²) in [7, 11) is -3.27. The van der Waals surface area contributed by atoms with Crippen LogP contribution in [0.4, 0.5) is 5.82 Å². The number of anilines is 1. The number of hydrogen-bond donors (Lipinski definition) is 1. The summed E-state index contributed by atoms with van der Waals surface area (Å²) in [5.41, 5.74) is 6.35. The summed E-state index contributed by atoms with van der Waals surface area (Å²) in [6.07, 6.45) is 7.26. The molecule has 0 bridgehead atoms. The molecule has 122 valence electrons. The topological polar surface area (TPSA) is 98.4 Å². The van der Waals surface area contributed by atoms with E-state index >= 15 is 0 Å². The molecule has 3 rings (SSSR count). The molecule has 1 aromatic rings. The van der Waals surface area contributed by atoms with Crippen LogP contribution in [0.25, 0.3) is 0 Å². The third kappa shape index (κ3) is 3.09. The van der Waals surface area contributed by atoms with Gasteiger partial charge in [0.15, 0.2) is 0 Å². The zero-order valence-corrected chi connectivity index (χ0v) is 13.3. The predicted molar refractivity (Wildman–Crippen MR) is 82.5 cm³/mol. The van der Waals surface area contributed by atoms with E-state index in [0.29, 0.717) is 24.7 Å². The van der Waals surface area contributed by atoms with Crippen LogP contribution in [0.1, 0.15) is 43.9 Å². The van der Waals surface area contributed by atoms with Crippen molar-refractivity contribution in [2.45, 2.75) is 43.5 Å². The molecule has 1 aliphatic heterocycles. The molecule has 8 heteroatoms. The average Bonchev–Trinajstić information content (AvgIpc) is 2.56. The monoisotopic (exact) mass is 326 g/mol. The Hall–Kier alpha value is -1.25. The second-order valence-electron chi connectivity index (χ2n) is 5.85. The lowest BCUT2D eigenvalue weighted by molar-refractivity contribution is -0.00504. The Morgan fingerprint density at radius 1 is 1.18 bits per heavy atom. The van der Waals surface area contributed by atoms with Crippen LogP contribution in [0.5, 0.6) is 0 Å². The van der Waals surface area contributed by atoms with Crippen molar-refractivity contribution in [1.82, 2.24) is 14.3 Å². The zero-order valence-electron chi connectivity index (χ0n) is 12.5. The molecular weight excluding hydrogens is 304 g/mol. The van der Waals surface area contributed by atoms with E-state index in [-0.39, 0.29) is 11.8 Å². The smallest absolute Gasteiger partial charge is 0.217 e. The summed E-state index contributed by atoms with van der Waals surface area (Å²) in [6, 6.07) is 0. The van der Waals surface area contributed by atoms with Gasteiger partial charge in [-0.1, -0.05) is 19.3 Å². The van der Waals surface area contributed by atoms with Crippen molar-refractivity contribution in [1.29, 1.82) is 0 Å². The van der Waals surface area contributed by atoms with Gasteiger partial charge < -0.3 is 10.5 Å². The van der Waals surface area contributed by atoms with Gasteiger partial charge in [0, 0.05) is 25.5 Å². The van der Waals surface area contributed by atoms with Crippen LogP contribution in [0.3, 0.4) is 0 Å². The number of aromatic nitrogens is 2. The minimum Gasteiger partial charge on any atom is -0.382 e. The van der Waals surface area contributed by atoms with Gasteiger partial charge in [-0.3, -0.25) is 4.98 Å². The fraction of sp³-hybridized carbons (Fsp3) is 0.714. The van der Waals surface area contributed by atoms with Gasteiger partial charge in [-0.25, -0.2) is 13.4 Å². The lowest BCUT2D eigenvalue weighted by Crippen LogP contribution is -2.47. The molecule has 0 radical (unpaired) electrons. The fourth-order valence-electron chi connectivity index (χ4n) is 3.20. The molecule has 2 N–H and O–H groups in total. The zero-order chi connectivity index (χ0) is 15.6. The number of rotatable bonds is 3. The van der Waals surface area contributed by atoms with E-state index in [9.17, 15) is 8.42 Å². The summed E-state index contributed by atoms with van der Waals surface area (Å²) in [6.45, 7) is 1.02. The molecule has 0 unspecified atom stereocenters. The molecule has 0 aromatic carbocycles. The van der Waals surface area contributed by atoms with Crippen LogP contribution in [0.2, 0.25) is 0 Å². The highest BCUT2D eigenvalue weighted by Gasteiger charge is 2.37. The van der Waals surface area contributed by atoms with Crippen LogP contribution in [0, 0.1) is 0 Å². The van der Waals surface area contributed by atoms with Gasteiger partial charge in [-0.15, -0.1) is 0 Å². The van der Waals surface area contributed by atoms with Crippen molar-refractivity contribution in [2.75, 3.05) is 25.4 Å². The van der Waals surface area contributed by atoms with Crippen LogP contribution in [0.15, 0.2) is 12.4 Å². The summed E-state index contributed by atoms with van der Waals surface area (Å²) >= 11 is 0. The Morgan fingerprint density at radius 2 is 1.91 bits per heavy atom. The lowest BCUT2D eigenvalue weighted by Gasteiger charge is -2.35. The standard InChI is InChI=1S/C14H22N4O3S/c15-14-13(16-6-7-17-14)12-10-18(8-9-21-12)22(19,20)11-4-2-1-3-5-11/h6-7,11-12H,1-5,8-10H2,(H2,15,17)/t12-/m0/s1. The first-order valence-corrected chi connectivity index (χ1v) is 9.26. The maximum Gasteiger partial charge on any atom is 0.217 e. The van der Waals surface area contributed by atoms with Crippen LogP contribution >= 0.6 is 0 Å². The first-order chi connectivity index (χ1) is 10.6. The normalized spacial score (nSPS) is 25.2. The molecule has 0 spiro atoms. The van der Waals surface area contributed by atoms with E-state index < -0.39 is 16.1 Å². The Morgan fingerprint density at radius 3 is 2.64 bits per heavy atom. The first kappa shape index (κ1) is 15.6. The molecule has 1 atom stereocenters. The van der Waals surface area contributed by atoms with Crippen molar-refractivity contribution in [3.63, 3.8) is 0 Å². The van der Waals surface area contributed by atoms with Gasteiger partial charge >= 0.3 is 0 Å². The van der Waals surface area contributed by atoms with Gasteiger partial charge in [0.1, 0.15) is 17.6 Å². The minimum absolute atomic E-state index is 0.251. The molecule has 7 nitrogen and oxygen atoms in total. The summed E-state index contributed by atoms with van der Waals surface area (Å²) in [5, 5.41) is -0.251. The highest BCUT2D eigenvalue weighted by molar-refractivity contribution is 7.89. The van der Waals surface area contributed by atoms with Crippen LogP contribution in [-0.2, 0) is 14.8 Å². The van der Waals surface area contributed by atoms with Crippen molar-refractivity contribution in [2.24, 2.45) is 0 Å². The molecule has 1 saturated heterocycles. The molecule has 2 heterocycles. The number of nitrogens with zero attached hydrogens (tertiary/aromatic N) is 3. The SMILES string of the molecule is Nc1nccnc1[C@@H]1CN(S(=O)(=O)C2CCCCC2)CCO1. The molecule has 0 amide bonds. The highest BCUT2D eigenvalue weighted by Crippen LogP contribution is 2.30. The van der Waals surface area contributed by atoms with Crippen molar-refractivity contribution in [3.05, 3.63) is 18.1 Å². The van der Waals surface area contributed by atoms with E-state index in [0.717, 1.165) is 32.1 Å². The van der Waals surface area contributed by atoms with Gasteiger partial charge in [0.25, 0.3) is 0 Å². The Balaban J connectivity index is 1.76. The molecule has 2 aliphatic rings. The van der Waals surface area contributed by atoms with Gasteiger partial charge in [0.2, 0.25) is 10.0 Å². The number of nitrogen functional groups attached to an aromatic ring is 1. The number of sulfonamides is 1. The van der Waals surface area contributed by atoms with Crippen LogP contribution < -0.4 is 5.73 Å². The number of morpholine rings is 1. The van der Waals surface area contributed by atoms with Gasteiger partial charge in [0.05, 0.1) is 11.9 Å². The molecule has 1 aliphatic carbocycles. The summed E-state index contributed by atoms with van der Waals surface area (Å²) in [5.74, 6) is 0.296. The quantitative estimate of drug-likeness (QED) is 0.893. The third-order valence-corrected chi connectivity index (χ3v) is 6.79. The van der Waals surface area contributed by atoms with Crippen molar-refractivity contribution in [3.8, 4) is 0 Å². The Kier molecular flexibility index (Phi) is 4.60.